The topological polar surface area (TPSA) is 59.0 Å². The average molecular weight is 506 g/mol. The Morgan fingerprint density at radius 1 is 0.947 bits per heavy atom. The summed E-state index contributed by atoms with van der Waals surface area (Å²) in [5.74, 6) is 1.51. The highest BCUT2D eigenvalue weighted by atomic mass is 16.5. The number of carbonyl (C=O) groups excluding carboxylic acids is 1. The highest BCUT2D eigenvalue weighted by Gasteiger charge is 2.35. The molecule has 0 saturated heterocycles. The number of allylic oxidation sites excluding steroid dienone is 1. The third-order valence-corrected chi connectivity index (χ3v) is 6.89. The molecular formula is C33H31NO4. The monoisotopic (exact) mass is 505 g/mol. The zero-order valence-electron chi connectivity index (χ0n) is 21.7. The molecule has 1 heterocycles. The number of amides is 1. The molecule has 5 nitrogen and oxygen atoms in total. The first-order valence-electron chi connectivity index (χ1n) is 12.6. The van der Waals surface area contributed by atoms with Crippen molar-refractivity contribution in [1.82, 2.24) is 4.90 Å². The van der Waals surface area contributed by atoms with Crippen LogP contribution in [0.3, 0.4) is 0 Å². The smallest absolute Gasteiger partial charge is 0.210 e. The second-order valence-corrected chi connectivity index (χ2v) is 9.73. The van der Waals surface area contributed by atoms with E-state index in [0.717, 1.165) is 50.9 Å². The summed E-state index contributed by atoms with van der Waals surface area (Å²) in [4.78, 5) is 14.0. The molecule has 0 fully saturated rings. The molecule has 0 bridgehead atoms. The fourth-order valence-corrected chi connectivity index (χ4v) is 5.10. The van der Waals surface area contributed by atoms with Crippen molar-refractivity contribution in [3.8, 4) is 17.2 Å². The van der Waals surface area contributed by atoms with Crippen molar-refractivity contribution in [1.29, 1.82) is 0 Å². The van der Waals surface area contributed by atoms with Crippen LogP contribution in [0.25, 0.3) is 5.57 Å². The van der Waals surface area contributed by atoms with Gasteiger partial charge in [-0.25, -0.2) is 0 Å². The first-order valence-corrected chi connectivity index (χ1v) is 12.6. The number of aryl methyl sites for hydroxylation is 1. The first-order chi connectivity index (χ1) is 18.4. The van der Waals surface area contributed by atoms with Crippen LogP contribution in [0.1, 0.15) is 51.9 Å². The largest absolute Gasteiger partial charge is 0.508 e. The predicted octanol–water partition coefficient (Wildman–Crippen LogP) is 6.95. The number of carbonyl (C=O) groups is 1. The molecule has 0 aliphatic carbocycles. The van der Waals surface area contributed by atoms with Gasteiger partial charge in [0.1, 0.15) is 30.5 Å². The van der Waals surface area contributed by atoms with Gasteiger partial charge in [-0.15, -0.1) is 0 Å². The maximum Gasteiger partial charge on any atom is 0.210 e. The van der Waals surface area contributed by atoms with Crippen molar-refractivity contribution < 1.29 is 19.4 Å². The van der Waals surface area contributed by atoms with Gasteiger partial charge in [-0.1, -0.05) is 67.2 Å². The van der Waals surface area contributed by atoms with Crippen molar-refractivity contribution in [3.05, 3.63) is 130 Å². The van der Waals surface area contributed by atoms with Crippen LogP contribution in [0.4, 0.5) is 0 Å². The van der Waals surface area contributed by atoms with E-state index in [9.17, 15) is 9.90 Å². The molecule has 1 unspecified atom stereocenters. The van der Waals surface area contributed by atoms with E-state index in [1.54, 1.807) is 17.0 Å². The van der Waals surface area contributed by atoms with Crippen molar-refractivity contribution in [2.24, 2.45) is 0 Å². The fraction of sp³-hybridized carbons (Fsp3) is 0.182. The summed E-state index contributed by atoms with van der Waals surface area (Å²) < 4.78 is 12.7. The van der Waals surface area contributed by atoms with E-state index in [4.69, 9.17) is 9.47 Å². The molecule has 5 rings (SSSR count). The summed E-state index contributed by atoms with van der Waals surface area (Å²) in [7, 11) is 0. The third-order valence-electron chi connectivity index (χ3n) is 6.89. The fourth-order valence-electron chi connectivity index (χ4n) is 5.10. The van der Waals surface area contributed by atoms with E-state index in [-0.39, 0.29) is 11.8 Å². The predicted molar refractivity (Wildman–Crippen MR) is 149 cm³/mol. The minimum Gasteiger partial charge on any atom is -0.508 e. The molecule has 0 radical (unpaired) electrons. The quantitative estimate of drug-likeness (QED) is 0.250. The number of aromatic hydroxyl groups is 1. The van der Waals surface area contributed by atoms with Gasteiger partial charge in [-0.05, 0) is 65.4 Å². The molecule has 1 atom stereocenters. The summed E-state index contributed by atoms with van der Waals surface area (Å²) in [6, 6.07) is 27.0. The number of phenols is 1. The molecule has 4 aromatic carbocycles. The Morgan fingerprint density at radius 2 is 1.55 bits per heavy atom. The van der Waals surface area contributed by atoms with Crippen molar-refractivity contribution in [3.63, 3.8) is 0 Å². The van der Waals surface area contributed by atoms with Crippen molar-refractivity contribution in [2.75, 3.05) is 0 Å². The Hall–Kier alpha value is -4.51. The van der Waals surface area contributed by atoms with Gasteiger partial charge in [0.15, 0.2) is 0 Å². The van der Waals surface area contributed by atoms with Crippen LogP contribution in [0.15, 0.2) is 91.5 Å². The number of hydrogen-bond acceptors (Lipinski definition) is 4. The lowest BCUT2D eigenvalue weighted by molar-refractivity contribution is -0.119. The van der Waals surface area contributed by atoms with Crippen LogP contribution in [0.5, 0.6) is 17.2 Å². The number of rotatable bonds is 9. The number of ether oxygens (including phenoxy) is 2. The van der Waals surface area contributed by atoms with Crippen molar-refractivity contribution >= 4 is 12.0 Å². The lowest BCUT2D eigenvalue weighted by Gasteiger charge is -2.26. The lowest BCUT2D eigenvalue weighted by atomic mass is 9.91. The number of phenolic OH excluding ortho intramolecular Hbond substituents is 1. The highest BCUT2D eigenvalue weighted by Crippen LogP contribution is 2.46. The molecule has 1 N–H and O–H groups in total. The summed E-state index contributed by atoms with van der Waals surface area (Å²) in [5.41, 5.74) is 7.51. The summed E-state index contributed by atoms with van der Waals surface area (Å²) >= 11 is 0. The molecule has 1 aliphatic heterocycles. The number of hydrogen-bond donors (Lipinski definition) is 1. The zero-order chi connectivity index (χ0) is 26.6. The van der Waals surface area contributed by atoms with Crippen molar-refractivity contribution in [2.45, 2.75) is 39.6 Å². The molecule has 1 aliphatic rings. The molecule has 0 spiro atoms. The molecule has 0 saturated carbocycles. The minimum absolute atomic E-state index is 0.195. The van der Waals surface area contributed by atoms with Gasteiger partial charge in [-0.3, -0.25) is 4.79 Å². The van der Waals surface area contributed by atoms with Crippen LogP contribution in [-0.4, -0.2) is 16.4 Å². The van der Waals surface area contributed by atoms with Gasteiger partial charge in [0.05, 0.1) is 6.04 Å². The number of nitrogens with zero attached hydrogens (tertiary/aromatic N) is 1. The summed E-state index contributed by atoms with van der Waals surface area (Å²) in [6.07, 6.45) is 0.863. The average Bonchev–Trinajstić information content (AvgIpc) is 3.30. The normalized spacial score (nSPS) is 14.2. The Labute approximate surface area is 223 Å². The van der Waals surface area contributed by atoms with Crippen LogP contribution in [-0.2, 0) is 24.6 Å². The number of fused-ring (bicyclic) bond motifs is 1. The Bertz CT molecular complexity index is 1460. The van der Waals surface area contributed by atoms with E-state index < -0.39 is 0 Å². The molecular weight excluding hydrogens is 474 g/mol. The molecule has 1 amide bonds. The van der Waals surface area contributed by atoms with Gasteiger partial charge >= 0.3 is 0 Å². The third kappa shape index (κ3) is 5.14. The van der Waals surface area contributed by atoms with Gasteiger partial charge in [-0.2, -0.15) is 0 Å². The van der Waals surface area contributed by atoms with Crippen LogP contribution >= 0.6 is 0 Å². The highest BCUT2D eigenvalue weighted by molar-refractivity contribution is 5.71. The maximum absolute atomic E-state index is 12.3. The summed E-state index contributed by atoms with van der Waals surface area (Å²) in [5, 5.41) is 10.2. The SMILES string of the molecule is C=C(C)c1cc(C2c3c(C)cc(O)cc3CN2C=O)c(OCc2ccccc2)cc1OCc1ccccc1. The molecule has 4 aromatic rings. The Kier molecular flexibility index (Phi) is 7.18. The lowest BCUT2D eigenvalue weighted by Crippen LogP contribution is -2.22. The second kappa shape index (κ2) is 10.9. The number of benzene rings is 4. The van der Waals surface area contributed by atoms with E-state index in [2.05, 4.69) is 6.58 Å². The molecule has 5 heteroatoms. The minimum atomic E-state index is -0.366. The van der Waals surface area contributed by atoms with Gasteiger partial charge in [0.2, 0.25) is 6.41 Å². The van der Waals surface area contributed by atoms with Crippen LogP contribution in [0, 0.1) is 6.92 Å². The molecule has 38 heavy (non-hydrogen) atoms. The van der Waals surface area contributed by atoms with Crippen LogP contribution < -0.4 is 9.47 Å². The zero-order valence-corrected chi connectivity index (χ0v) is 21.7. The molecule has 0 aromatic heterocycles. The molecule has 192 valence electrons. The Balaban J connectivity index is 1.61. The van der Waals surface area contributed by atoms with Gasteiger partial charge in [0, 0.05) is 23.7 Å². The van der Waals surface area contributed by atoms with E-state index in [1.807, 2.05) is 86.6 Å². The summed E-state index contributed by atoms with van der Waals surface area (Å²) in [6.45, 7) is 9.30. The second-order valence-electron chi connectivity index (χ2n) is 9.73. The van der Waals surface area contributed by atoms with Gasteiger partial charge < -0.3 is 19.5 Å². The van der Waals surface area contributed by atoms with Crippen LogP contribution in [0.2, 0.25) is 0 Å². The van der Waals surface area contributed by atoms with Gasteiger partial charge in [0.25, 0.3) is 0 Å². The van der Waals surface area contributed by atoms with E-state index in [0.29, 0.717) is 31.3 Å². The Morgan fingerprint density at radius 3 is 2.13 bits per heavy atom. The maximum atomic E-state index is 12.3. The standard InChI is InChI=1S/C33H31NO4/c1-22(2)28-16-29(33-32-23(3)14-27(36)15-26(32)18-34(33)21-35)31(38-20-25-12-8-5-9-13-25)17-30(28)37-19-24-10-6-4-7-11-24/h4-17,21,33,36H,1,18-20H2,2-3H3. The van der Waals surface area contributed by atoms with E-state index >= 15 is 0 Å². The first kappa shape index (κ1) is 25.2. The van der Waals surface area contributed by atoms with E-state index in [1.165, 1.54) is 0 Å².